The lowest BCUT2D eigenvalue weighted by Gasteiger charge is -2.15. The second-order valence-electron chi connectivity index (χ2n) is 7.56. The fourth-order valence-corrected chi connectivity index (χ4v) is 3.26. The van der Waals surface area contributed by atoms with Gasteiger partial charge in [0.25, 0.3) is 5.56 Å². The van der Waals surface area contributed by atoms with Gasteiger partial charge in [0.15, 0.2) is 0 Å². The van der Waals surface area contributed by atoms with E-state index in [0.29, 0.717) is 18.8 Å². The van der Waals surface area contributed by atoms with Crippen molar-refractivity contribution in [2.75, 3.05) is 0 Å². The summed E-state index contributed by atoms with van der Waals surface area (Å²) in [6.45, 7) is 2.48. The van der Waals surface area contributed by atoms with Crippen LogP contribution in [0.5, 0.6) is 5.75 Å². The first-order chi connectivity index (χ1) is 16.1. The van der Waals surface area contributed by atoms with Crippen LogP contribution in [0.3, 0.4) is 0 Å². The number of rotatable bonds is 8. The zero-order valence-electron chi connectivity index (χ0n) is 18.2. The largest absolute Gasteiger partial charge is 0.489 e. The van der Waals surface area contributed by atoms with Gasteiger partial charge in [-0.2, -0.15) is 5.10 Å². The van der Waals surface area contributed by atoms with Gasteiger partial charge < -0.3 is 10.1 Å². The van der Waals surface area contributed by atoms with Gasteiger partial charge in [-0.15, -0.1) is 0 Å². The monoisotopic (exact) mass is 440 g/mol. The van der Waals surface area contributed by atoms with E-state index in [1.165, 1.54) is 10.7 Å². The van der Waals surface area contributed by atoms with Gasteiger partial charge in [-0.3, -0.25) is 14.6 Å². The Morgan fingerprint density at radius 3 is 2.48 bits per heavy atom. The lowest BCUT2D eigenvalue weighted by atomic mass is 10.2. The normalized spacial score (nSPS) is 11.5. The Morgan fingerprint density at radius 1 is 0.970 bits per heavy atom. The fraction of sp³-hybridized carbons (Fsp3) is 0.154. The summed E-state index contributed by atoms with van der Waals surface area (Å²) in [5.41, 5.74) is 3.03. The maximum atomic E-state index is 12.7. The van der Waals surface area contributed by atoms with Crippen LogP contribution in [0.4, 0.5) is 0 Å². The van der Waals surface area contributed by atoms with Gasteiger partial charge in [-0.25, -0.2) is 4.68 Å². The molecular weight excluding hydrogens is 416 g/mol. The molecule has 0 aliphatic carbocycles. The summed E-state index contributed by atoms with van der Waals surface area (Å²) in [7, 11) is 0. The molecule has 0 fully saturated rings. The number of carbonyl (C=O) groups excluding carboxylic acids is 1. The molecule has 0 aliphatic rings. The van der Waals surface area contributed by atoms with Crippen LogP contribution in [-0.4, -0.2) is 20.7 Å². The Balaban J connectivity index is 1.35. The van der Waals surface area contributed by atoms with Crippen LogP contribution < -0.4 is 15.6 Å². The summed E-state index contributed by atoms with van der Waals surface area (Å²) < 4.78 is 6.98. The van der Waals surface area contributed by atoms with E-state index in [1.54, 1.807) is 31.5 Å². The van der Waals surface area contributed by atoms with Gasteiger partial charge in [-0.1, -0.05) is 42.5 Å². The molecule has 33 heavy (non-hydrogen) atoms. The van der Waals surface area contributed by atoms with Gasteiger partial charge >= 0.3 is 0 Å². The number of nitrogens with zero attached hydrogens (tertiary/aromatic N) is 3. The predicted octanol–water partition coefficient (Wildman–Crippen LogP) is 3.76. The average molecular weight is 441 g/mol. The highest BCUT2D eigenvalue weighted by Crippen LogP contribution is 2.16. The number of amides is 1. The highest BCUT2D eigenvalue weighted by atomic mass is 16.5. The molecule has 1 amide bonds. The molecule has 0 aliphatic heterocycles. The van der Waals surface area contributed by atoms with E-state index in [9.17, 15) is 9.59 Å². The van der Waals surface area contributed by atoms with Gasteiger partial charge in [0, 0.05) is 30.6 Å². The van der Waals surface area contributed by atoms with Crippen molar-refractivity contribution in [1.29, 1.82) is 0 Å². The van der Waals surface area contributed by atoms with E-state index >= 15 is 0 Å². The molecular formula is C26H24N4O3. The standard InChI is InChI=1S/C26H24N4O3/c1-19(30-25(31)14-13-24(29-30)22-8-5-15-27-17-22)26(32)28-16-20-9-11-23(12-10-20)33-18-21-6-3-2-4-7-21/h2-15,17,19H,16,18H2,1H3,(H,28,32). The predicted molar refractivity (Wildman–Crippen MR) is 126 cm³/mol. The lowest BCUT2D eigenvalue weighted by Crippen LogP contribution is -2.36. The maximum absolute atomic E-state index is 12.7. The van der Waals surface area contributed by atoms with Crippen LogP contribution in [0.2, 0.25) is 0 Å². The van der Waals surface area contributed by atoms with Crippen molar-refractivity contribution >= 4 is 5.91 Å². The van der Waals surface area contributed by atoms with E-state index < -0.39 is 6.04 Å². The zero-order valence-corrected chi connectivity index (χ0v) is 18.2. The molecule has 0 radical (unpaired) electrons. The third-order valence-corrected chi connectivity index (χ3v) is 5.17. The zero-order chi connectivity index (χ0) is 23.0. The quantitative estimate of drug-likeness (QED) is 0.451. The third kappa shape index (κ3) is 5.71. The number of hydrogen-bond acceptors (Lipinski definition) is 5. The smallest absolute Gasteiger partial charge is 0.267 e. The van der Waals surface area contributed by atoms with Crippen LogP contribution in [-0.2, 0) is 17.9 Å². The van der Waals surface area contributed by atoms with E-state index in [2.05, 4.69) is 15.4 Å². The minimum absolute atomic E-state index is 0.294. The first kappa shape index (κ1) is 22.0. The number of hydrogen-bond donors (Lipinski definition) is 1. The second kappa shape index (κ2) is 10.4. The fourth-order valence-electron chi connectivity index (χ4n) is 3.26. The van der Waals surface area contributed by atoms with Gasteiger partial charge in [0.05, 0.1) is 5.69 Å². The molecule has 0 saturated heterocycles. The lowest BCUT2D eigenvalue weighted by molar-refractivity contribution is -0.124. The molecule has 2 aromatic carbocycles. The van der Waals surface area contributed by atoms with Gasteiger partial charge in [0.1, 0.15) is 18.4 Å². The first-order valence-corrected chi connectivity index (χ1v) is 10.6. The Hall–Kier alpha value is -4.26. The maximum Gasteiger partial charge on any atom is 0.267 e. The average Bonchev–Trinajstić information content (AvgIpc) is 2.87. The molecule has 4 aromatic rings. The summed E-state index contributed by atoms with van der Waals surface area (Å²) in [4.78, 5) is 29.1. The molecule has 0 saturated carbocycles. The second-order valence-corrected chi connectivity index (χ2v) is 7.56. The molecule has 7 nitrogen and oxygen atoms in total. The van der Waals surface area contributed by atoms with Crippen molar-refractivity contribution in [1.82, 2.24) is 20.1 Å². The summed E-state index contributed by atoms with van der Waals surface area (Å²) in [5.74, 6) is 0.461. The third-order valence-electron chi connectivity index (χ3n) is 5.17. The van der Waals surface area contributed by atoms with Crippen LogP contribution in [0, 0.1) is 0 Å². The highest BCUT2D eigenvalue weighted by Gasteiger charge is 2.18. The van der Waals surface area contributed by atoms with Crippen molar-refractivity contribution in [3.8, 4) is 17.0 Å². The SMILES string of the molecule is CC(C(=O)NCc1ccc(OCc2ccccc2)cc1)n1nc(-c2cccnc2)ccc1=O. The van der Waals surface area contributed by atoms with Crippen molar-refractivity contribution in [3.63, 3.8) is 0 Å². The topological polar surface area (TPSA) is 86.1 Å². The molecule has 0 spiro atoms. The van der Waals surface area contributed by atoms with Gasteiger partial charge in [0.2, 0.25) is 5.91 Å². The summed E-state index contributed by atoms with van der Waals surface area (Å²) in [5, 5.41) is 7.23. The van der Waals surface area contributed by atoms with E-state index in [0.717, 1.165) is 22.4 Å². The van der Waals surface area contributed by atoms with Crippen molar-refractivity contribution in [2.24, 2.45) is 0 Å². The summed E-state index contributed by atoms with van der Waals surface area (Å²) in [6.07, 6.45) is 3.33. The molecule has 7 heteroatoms. The first-order valence-electron chi connectivity index (χ1n) is 10.6. The Kier molecular flexibility index (Phi) is 6.90. The number of pyridine rings is 1. The minimum atomic E-state index is -0.761. The number of ether oxygens (including phenoxy) is 1. The van der Waals surface area contributed by atoms with Crippen molar-refractivity contribution in [3.05, 3.63) is 113 Å². The minimum Gasteiger partial charge on any atom is -0.489 e. The summed E-state index contributed by atoms with van der Waals surface area (Å²) >= 11 is 0. The van der Waals surface area contributed by atoms with Crippen LogP contribution >= 0.6 is 0 Å². The van der Waals surface area contributed by atoms with E-state index in [4.69, 9.17) is 4.74 Å². The Labute approximate surface area is 191 Å². The number of benzene rings is 2. The molecule has 0 bridgehead atoms. The van der Waals surface area contributed by atoms with Crippen molar-refractivity contribution in [2.45, 2.75) is 26.1 Å². The van der Waals surface area contributed by atoms with Gasteiger partial charge in [-0.05, 0) is 48.4 Å². The van der Waals surface area contributed by atoms with Crippen LogP contribution in [0.15, 0.2) is 96.1 Å². The van der Waals surface area contributed by atoms with Crippen molar-refractivity contribution < 1.29 is 9.53 Å². The van der Waals surface area contributed by atoms with E-state index in [-0.39, 0.29) is 11.5 Å². The number of aromatic nitrogens is 3. The highest BCUT2D eigenvalue weighted by molar-refractivity contribution is 5.79. The summed E-state index contributed by atoms with van der Waals surface area (Å²) in [6, 6.07) is 23.4. The molecule has 4 rings (SSSR count). The molecule has 2 aromatic heterocycles. The molecule has 1 atom stereocenters. The number of nitrogens with one attached hydrogen (secondary N) is 1. The Morgan fingerprint density at radius 2 is 1.76 bits per heavy atom. The molecule has 1 N–H and O–H groups in total. The van der Waals surface area contributed by atoms with Crippen LogP contribution in [0.25, 0.3) is 11.3 Å². The molecule has 166 valence electrons. The number of carbonyl (C=O) groups is 1. The van der Waals surface area contributed by atoms with Crippen LogP contribution in [0.1, 0.15) is 24.1 Å². The molecule has 2 heterocycles. The van der Waals surface area contributed by atoms with E-state index in [1.807, 2.05) is 60.7 Å². The molecule has 1 unspecified atom stereocenters. The Bertz CT molecular complexity index is 1260.